The molecule has 3 heterocycles. The topological polar surface area (TPSA) is 96.7 Å². The Morgan fingerprint density at radius 2 is 2.03 bits per heavy atom. The summed E-state index contributed by atoms with van der Waals surface area (Å²) in [7, 11) is 0. The first-order chi connectivity index (χ1) is 15.6. The SMILES string of the molecule is CCN[C@@H](CCCCCC(=O)c1ncco1)c1ncc(-c2ccc3nc(C)ccc3c2)[nH]1.Cl. The molecular formula is C25H30ClN5O2. The van der Waals surface area contributed by atoms with Gasteiger partial charge in [0.25, 0.3) is 5.89 Å². The van der Waals surface area contributed by atoms with E-state index in [1.54, 1.807) is 0 Å². The van der Waals surface area contributed by atoms with Crippen molar-refractivity contribution in [2.45, 2.75) is 52.0 Å². The minimum atomic E-state index is -0.0327. The Bertz CT molecular complexity index is 1170. The molecule has 0 saturated heterocycles. The number of H-pyrrole nitrogens is 1. The van der Waals surface area contributed by atoms with Gasteiger partial charge in [0, 0.05) is 23.1 Å². The molecule has 0 aliphatic heterocycles. The number of oxazole rings is 1. The zero-order chi connectivity index (χ0) is 22.3. The van der Waals surface area contributed by atoms with E-state index in [2.05, 4.69) is 56.4 Å². The number of unbranched alkanes of at least 4 members (excludes halogenated alkanes) is 2. The number of hydrogen-bond acceptors (Lipinski definition) is 6. The number of pyridine rings is 1. The molecule has 1 aromatic carbocycles. The number of aromatic nitrogens is 4. The summed E-state index contributed by atoms with van der Waals surface area (Å²) in [6.07, 6.45) is 9.06. The fourth-order valence-corrected chi connectivity index (χ4v) is 3.92. The average Bonchev–Trinajstić information content (AvgIpc) is 3.50. The first-order valence-corrected chi connectivity index (χ1v) is 11.2. The van der Waals surface area contributed by atoms with Gasteiger partial charge in [-0.25, -0.2) is 9.97 Å². The number of nitrogens with one attached hydrogen (secondary N) is 2. The smallest absolute Gasteiger partial charge is 0.263 e. The van der Waals surface area contributed by atoms with Crippen LogP contribution in [0.5, 0.6) is 0 Å². The van der Waals surface area contributed by atoms with E-state index in [0.29, 0.717) is 6.42 Å². The van der Waals surface area contributed by atoms with E-state index in [1.807, 2.05) is 19.2 Å². The number of ketones is 1. The molecule has 0 fully saturated rings. The predicted octanol–water partition coefficient (Wildman–Crippen LogP) is 5.83. The molecule has 4 rings (SSSR count). The lowest BCUT2D eigenvalue weighted by atomic mass is 10.1. The van der Waals surface area contributed by atoms with E-state index in [9.17, 15) is 4.79 Å². The number of Topliss-reactive ketones (excluding diaryl/α,β-unsaturated/α-hetero) is 1. The van der Waals surface area contributed by atoms with Crippen LogP contribution in [-0.2, 0) is 0 Å². The number of fused-ring (bicyclic) bond motifs is 1. The molecule has 0 radical (unpaired) electrons. The van der Waals surface area contributed by atoms with Gasteiger partial charge in [-0.05, 0) is 44.5 Å². The Morgan fingerprint density at radius 3 is 2.82 bits per heavy atom. The monoisotopic (exact) mass is 467 g/mol. The van der Waals surface area contributed by atoms with Gasteiger partial charge in [0.2, 0.25) is 5.78 Å². The molecular weight excluding hydrogens is 438 g/mol. The van der Waals surface area contributed by atoms with E-state index in [0.717, 1.165) is 65.9 Å². The Morgan fingerprint density at radius 1 is 1.15 bits per heavy atom. The predicted molar refractivity (Wildman–Crippen MR) is 132 cm³/mol. The second-order valence-corrected chi connectivity index (χ2v) is 8.01. The highest BCUT2D eigenvalue weighted by Crippen LogP contribution is 2.25. The van der Waals surface area contributed by atoms with Crippen molar-refractivity contribution in [1.82, 2.24) is 25.3 Å². The average molecular weight is 468 g/mol. The molecule has 0 aliphatic rings. The highest BCUT2D eigenvalue weighted by Gasteiger charge is 2.15. The van der Waals surface area contributed by atoms with E-state index < -0.39 is 0 Å². The zero-order valence-corrected chi connectivity index (χ0v) is 19.8. The quantitative estimate of drug-likeness (QED) is 0.213. The zero-order valence-electron chi connectivity index (χ0n) is 19.0. The molecule has 0 spiro atoms. The first kappa shape index (κ1) is 24.6. The van der Waals surface area contributed by atoms with Crippen molar-refractivity contribution in [2.75, 3.05) is 6.54 Å². The maximum absolute atomic E-state index is 12.0. The molecule has 0 amide bonds. The lowest BCUT2D eigenvalue weighted by Crippen LogP contribution is -2.22. The van der Waals surface area contributed by atoms with Crippen molar-refractivity contribution >= 4 is 29.1 Å². The third-order valence-corrected chi connectivity index (χ3v) is 5.58. The standard InChI is InChI=1S/C25H29N5O2.ClH/c1-3-26-21(7-5-4-6-8-23(31)25-27-13-14-32-25)24-28-16-22(30-24)19-11-12-20-18(15-19)10-9-17(2)29-20;/h9-16,21,26H,3-8H2,1-2H3,(H,28,30);1H/t21-;/m0./s1. The second-order valence-electron chi connectivity index (χ2n) is 8.01. The molecule has 1 atom stereocenters. The molecule has 0 bridgehead atoms. The van der Waals surface area contributed by atoms with E-state index >= 15 is 0 Å². The first-order valence-electron chi connectivity index (χ1n) is 11.2. The minimum absolute atomic E-state index is 0. The van der Waals surface area contributed by atoms with Crippen molar-refractivity contribution in [2.24, 2.45) is 0 Å². The fraction of sp³-hybridized carbons (Fsp3) is 0.360. The van der Waals surface area contributed by atoms with Crippen molar-refractivity contribution in [3.8, 4) is 11.3 Å². The third-order valence-electron chi connectivity index (χ3n) is 5.58. The van der Waals surface area contributed by atoms with Gasteiger partial charge in [0.1, 0.15) is 12.1 Å². The summed E-state index contributed by atoms with van der Waals surface area (Å²) in [5.74, 6) is 1.12. The molecule has 7 nitrogen and oxygen atoms in total. The van der Waals surface area contributed by atoms with Crippen molar-refractivity contribution < 1.29 is 9.21 Å². The summed E-state index contributed by atoms with van der Waals surface area (Å²) in [5.41, 5.74) is 4.12. The van der Waals surface area contributed by atoms with Gasteiger partial charge < -0.3 is 14.7 Å². The number of aromatic amines is 1. The number of nitrogens with zero attached hydrogens (tertiary/aromatic N) is 3. The summed E-state index contributed by atoms with van der Waals surface area (Å²) >= 11 is 0. The van der Waals surface area contributed by atoms with E-state index in [1.165, 1.54) is 12.5 Å². The Hall–Kier alpha value is -3.03. The minimum Gasteiger partial charge on any atom is -0.442 e. The van der Waals surface area contributed by atoms with E-state index in [4.69, 9.17) is 4.42 Å². The van der Waals surface area contributed by atoms with Gasteiger partial charge in [-0.15, -0.1) is 12.4 Å². The van der Waals surface area contributed by atoms with Crippen LogP contribution in [0.2, 0.25) is 0 Å². The molecule has 0 unspecified atom stereocenters. The molecule has 174 valence electrons. The molecule has 0 saturated carbocycles. The maximum Gasteiger partial charge on any atom is 0.263 e. The van der Waals surface area contributed by atoms with Crippen LogP contribution < -0.4 is 5.32 Å². The highest BCUT2D eigenvalue weighted by atomic mass is 35.5. The Kier molecular flexibility index (Phi) is 8.74. The van der Waals surface area contributed by atoms with Crippen LogP contribution in [0.25, 0.3) is 22.2 Å². The maximum atomic E-state index is 12.0. The number of rotatable bonds is 11. The van der Waals surface area contributed by atoms with Crippen molar-refractivity contribution in [3.05, 3.63) is 66.4 Å². The lowest BCUT2D eigenvalue weighted by Gasteiger charge is -2.15. The van der Waals surface area contributed by atoms with Gasteiger partial charge in [-0.2, -0.15) is 0 Å². The van der Waals surface area contributed by atoms with Gasteiger partial charge in [0.05, 0.1) is 29.6 Å². The van der Waals surface area contributed by atoms with Gasteiger partial charge in [-0.3, -0.25) is 9.78 Å². The van der Waals surface area contributed by atoms with Crippen LogP contribution in [0.1, 0.15) is 67.3 Å². The van der Waals surface area contributed by atoms with Crippen LogP contribution in [0.4, 0.5) is 0 Å². The summed E-state index contributed by atoms with van der Waals surface area (Å²) in [5, 5.41) is 4.64. The molecule has 3 aromatic heterocycles. The second kappa shape index (κ2) is 11.7. The van der Waals surface area contributed by atoms with Crippen LogP contribution in [0, 0.1) is 6.92 Å². The summed E-state index contributed by atoms with van der Waals surface area (Å²) in [4.78, 5) is 28.6. The van der Waals surface area contributed by atoms with Crippen molar-refractivity contribution in [3.63, 3.8) is 0 Å². The van der Waals surface area contributed by atoms with Crippen LogP contribution in [0.15, 0.2) is 53.4 Å². The van der Waals surface area contributed by atoms with Crippen LogP contribution >= 0.6 is 12.4 Å². The summed E-state index contributed by atoms with van der Waals surface area (Å²) in [6, 6.07) is 10.6. The molecule has 33 heavy (non-hydrogen) atoms. The third kappa shape index (κ3) is 6.27. The number of carbonyl (C=O) groups is 1. The normalized spacial score (nSPS) is 11.9. The molecule has 8 heteroatoms. The molecule has 4 aromatic rings. The summed E-state index contributed by atoms with van der Waals surface area (Å²) < 4.78 is 5.06. The summed E-state index contributed by atoms with van der Waals surface area (Å²) in [6.45, 7) is 4.97. The Labute approximate surface area is 199 Å². The van der Waals surface area contributed by atoms with Crippen LogP contribution in [0.3, 0.4) is 0 Å². The fourth-order valence-electron chi connectivity index (χ4n) is 3.92. The molecule has 0 aliphatic carbocycles. The van der Waals surface area contributed by atoms with E-state index in [-0.39, 0.29) is 30.1 Å². The Balaban J connectivity index is 0.00000306. The number of aryl methyl sites for hydroxylation is 1. The number of hydrogen-bond donors (Lipinski definition) is 2. The van der Waals surface area contributed by atoms with Crippen LogP contribution in [-0.4, -0.2) is 32.3 Å². The van der Waals surface area contributed by atoms with Gasteiger partial charge in [0.15, 0.2) is 0 Å². The van der Waals surface area contributed by atoms with Gasteiger partial charge in [-0.1, -0.05) is 31.9 Å². The molecule has 2 N–H and O–H groups in total. The number of benzene rings is 1. The number of imidazole rings is 1. The highest BCUT2D eigenvalue weighted by molar-refractivity contribution is 5.91. The van der Waals surface area contributed by atoms with Gasteiger partial charge >= 0.3 is 0 Å². The number of carbonyl (C=O) groups excluding carboxylic acids is 1. The number of halogens is 1. The van der Waals surface area contributed by atoms with Crippen molar-refractivity contribution in [1.29, 1.82) is 0 Å². The largest absolute Gasteiger partial charge is 0.442 e. The lowest BCUT2D eigenvalue weighted by molar-refractivity contribution is 0.0945.